The molecule has 5 heteroatoms. The van der Waals surface area contributed by atoms with E-state index in [1.165, 1.54) is 7.11 Å². The highest BCUT2D eigenvalue weighted by Gasteiger charge is 2.42. The lowest BCUT2D eigenvalue weighted by atomic mass is 9.85. The molecule has 0 unspecified atom stereocenters. The molecule has 1 heterocycles. The van der Waals surface area contributed by atoms with E-state index in [-0.39, 0.29) is 11.3 Å². The Balaban J connectivity index is 1.92. The highest BCUT2D eigenvalue weighted by molar-refractivity contribution is 6.02. The van der Waals surface area contributed by atoms with Crippen LogP contribution in [0.15, 0.2) is 18.2 Å². The number of hydrogen-bond acceptors (Lipinski definition) is 4. The SMILES string of the molecule is COC(=O)c1ccc2c(c1)NC(=O)C1(CCCC1)CN2. The molecule has 3 rings (SSSR count). The van der Waals surface area contributed by atoms with Gasteiger partial charge in [0.05, 0.1) is 29.5 Å². The largest absolute Gasteiger partial charge is 0.465 e. The Morgan fingerprint density at radius 1 is 1.25 bits per heavy atom. The van der Waals surface area contributed by atoms with Crippen LogP contribution in [0.2, 0.25) is 0 Å². The Morgan fingerprint density at radius 3 is 2.70 bits per heavy atom. The molecule has 1 aliphatic heterocycles. The van der Waals surface area contributed by atoms with Crippen LogP contribution in [-0.4, -0.2) is 25.5 Å². The summed E-state index contributed by atoms with van der Waals surface area (Å²) in [5.41, 5.74) is 1.65. The van der Waals surface area contributed by atoms with E-state index in [9.17, 15) is 9.59 Å². The van der Waals surface area contributed by atoms with Crippen LogP contribution in [-0.2, 0) is 9.53 Å². The molecule has 0 aromatic heterocycles. The standard InChI is InChI=1S/C15H18N2O3/c1-20-13(18)10-4-5-11-12(8-10)17-14(19)15(9-16-11)6-2-3-7-15/h4-5,8,16H,2-3,6-7,9H2,1H3,(H,17,19). The molecule has 2 N–H and O–H groups in total. The Morgan fingerprint density at radius 2 is 2.00 bits per heavy atom. The Hall–Kier alpha value is -2.04. The molecule has 20 heavy (non-hydrogen) atoms. The number of esters is 1. The fourth-order valence-electron chi connectivity index (χ4n) is 3.10. The maximum atomic E-state index is 12.5. The first-order valence-corrected chi connectivity index (χ1v) is 6.92. The zero-order valence-corrected chi connectivity index (χ0v) is 11.5. The van der Waals surface area contributed by atoms with Crippen LogP contribution in [0.25, 0.3) is 0 Å². The number of amides is 1. The zero-order chi connectivity index (χ0) is 14.2. The maximum absolute atomic E-state index is 12.5. The molecular formula is C15H18N2O3. The van der Waals surface area contributed by atoms with Crippen LogP contribution in [0, 0.1) is 5.41 Å². The summed E-state index contributed by atoms with van der Waals surface area (Å²) < 4.78 is 4.71. The van der Waals surface area contributed by atoms with Crippen LogP contribution in [0.5, 0.6) is 0 Å². The van der Waals surface area contributed by atoms with Gasteiger partial charge in [-0.1, -0.05) is 12.8 Å². The lowest BCUT2D eigenvalue weighted by Crippen LogP contribution is -2.37. The number of carbonyl (C=O) groups is 2. The van der Waals surface area contributed by atoms with Crippen molar-refractivity contribution in [3.63, 3.8) is 0 Å². The Kier molecular flexibility index (Phi) is 3.12. The van der Waals surface area contributed by atoms with Crippen molar-refractivity contribution in [2.24, 2.45) is 5.41 Å². The summed E-state index contributed by atoms with van der Waals surface area (Å²) in [4.78, 5) is 24.0. The second kappa shape index (κ2) is 4.81. The third-order valence-electron chi connectivity index (χ3n) is 4.35. The first-order valence-electron chi connectivity index (χ1n) is 6.92. The van der Waals surface area contributed by atoms with Gasteiger partial charge in [-0.3, -0.25) is 4.79 Å². The monoisotopic (exact) mass is 274 g/mol. The summed E-state index contributed by atoms with van der Waals surface area (Å²) in [5.74, 6) is -0.342. The van der Waals surface area contributed by atoms with Gasteiger partial charge in [-0.2, -0.15) is 0 Å². The third kappa shape index (κ3) is 2.03. The summed E-state index contributed by atoms with van der Waals surface area (Å²) >= 11 is 0. The van der Waals surface area contributed by atoms with Crippen LogP contribution in [0.4, 0.5) is 11.4 Å². The normalized spacial score (nSPS) is 19.8. The lowest BCUT2D eigenvalue weighted by Gasteiger charge is -2.24. The van der Waals surface area contributed by atoms with Crippen LogP contribution in [0.1, 0.15) is 36.0 Å². The predicted octanol–water partition coefficient (Wildman–Crippen LogP) is 2.40. The van der Waals surface area contributed by atoms with E-state index in [1.54, 1.807) is 12.1 Å². The van der Waals surface area contributed by atoms with E-state index in [0.717, 1.165) is 31.4 Å². The van der Waals surface area contributed by atoms with Gasteiger partial charge in [0.25, 0.3) is 0 Å². The van der Waals surface area contributed by atoms with Gasteiger partial charge in [0.1, 0.15) is 0 Å². The molecule has 106 valence electrons. The number of ether oxygens (including phenoxy) is 1. The van der Waals surface area contributed by atoms with Gasteiger partial charge in [0.15, 0.2) is 0 Å². The fraction of sp³-hybridized carbons (Fsp3) is 0.467. The number of fused-ring (bicyclic) bond motifs is 1. The average Bonchev–Trinajstić information content (AvgIpc) is 2.89. The quantitative estimate of drug-likeness (QED) is 0.772. The van der Waals surface area contributed by atoms with Crippen molar-refractivity contribution in [1.82, 2.24) is 0 Å². The van der Waals surface area contributed by atoms with Gasteiger partial charge in [-0.15, -0.1) is 0 Å². The zero-order valence-electron chi connectivity index (χ0n) is 11.5. The van der Waals surface area contributed by atoms with Gasteiger partial charge in [0, 0.05) is 6.54 Å². The molecule has 2 aliphatic rings. The second-order valence-corrected chi connectivity index (χ2v) is 5.55. The van der Waals surface area contributed by atoms with Gasteiger partial charge < -0.3 is 15.4 Å². The molecule has 1 aromatic rings. The molecule has 0 radical (unpaired) electrons. The van der Waals surface area contributed by atoms with E-state index in [2.05, 4.69) is 10.6 Å². The molecule has 0 bridgehead atoms. The van der Waals surface area contributed by atoms with E-state index in [1.807, 2.05) is 6.07 Å². The minimum absolute atomic E-state index is 0.0586. The highest BCUT2D eigenvalue weighted by atomic mass is 16.5. The Bertz CT molecular complexity index is 562. The first kappa shape index (κ1) is 13.0. The Labute approximate surface area is 117 Å². The van der Waals surface area contributed by atoms with Gasteiger partial charge in [-0.25, -0.2) is 4.79 Å². The van der Waals surface area contributed by atoms with Crippen molar-refractivity contribution in [1.29, 1.82) is 0 Å². The smallest absolute Gasteiger partial charge is 0.337 e. The topological polar surface area (TPSA) is 67.4 Å². The number of rotatable bonds is 1. The number of anilines is 2. The second-order valence-electron chi connectivity index (χ2n) is 5.55. The van der Waals surface area contributed by atoms with Crippen molar-refractivity contribution in [2.45, 2.75) is 25.7 Å². The minimum atomic E-state index is -0.401. The highest BCUT2D eigenvalue weighted by Crippen LogP contribution is 2.42. The van der Waals surface area contributed by atoms with Gasteiger partial charge in [0.2, 0.25) is 5.91 Å². The molecular weight excluding hydrogens is 256 g/mol. The number of carbonyl (C=O) groups excluding carboxylic acids is 2. The van der Waals surface area contributed by atoms with E-state index >= 15 is 0 Å². The van der Waals surface area contributed by atoms with Crippen LogP contribution < -0.4 is 10.6 Å². The molecule has 1 saturated carbocycles. The van der Waals surface area contributed by atoms with E-state index in [4.69, 9.17) is 4.74 Å². The molecule has 0 atom stereocenters. The summed E-state index contributed by atoms with van der Waals surface area (Å²) in [6, 6.07) is 5.19. The molecule has 0 saturated heterocycles. The number of nitrogens with one attached hydrogen (secondary N) is 2. The third-order valence-corrected chi connectivity index (χ3v) is 4.35. The van der Waals surface area contributed by atoms with Crippen molar-refractivity contribution in [2.75, 3.05) is 24.3 Å². The fourth-order valence-corrected chi connectivity index (χ4v) is 3.10. The molecule has 1 fully saturated rings. The average molecular weight is 274 g/mol. The van der Waals surface area contributed by atoms with Crippen molar-refractivity contribution < 1.29 is 14.3 Å². The lowest BCUT2D eigenvalue weighted by molar-refractivity contribution is -0.124. The molecule has 1 aromatic carbocycles. The number of methoxy groups -OCH3 is 1. The van der Waals surface area contributed by atoms with Crippen molar-refractivity contribution in [3.8, 4) is 0 Å². The van der Waals surface area contributed by atoms with Crippen molar-refractivity contribution in [3.05, 3.63) is 23.8 Å². The summed E-state index contributed by atoms with van der Waals surface area (Å²) in [7, 11) is 1.35. The van der Waals surface area contributed by atoms with Gasteiger partial charge >= 0.3 is 5.97 Å². The van der Waals surface area contributed by atoms with Crippen LogP contribution in [0.3, 0.4) is 0 Å². The predicted molar refractivity (Wildman–Crippen MR) is 75.8 cm³/mol. The summed E-state index contributed by atoms with van der Waals surface area (Å²) in [6.07, 6.45) is 4.03. The molecule has 5 nitrogen and oxygen atoms in total. The summed E-state index contributed by atoms with van der Waals surface area (Å²) in [6.45, 7) is 0.656. The van der Waals surface area contributed by atoms with Crippen LogP contribution >= 0.6 is 0 Å². The maximum Gasteiger partial charge on any atom is 0.337 e. The van der Waals surface area contributed by atoms with E-state index < -0.39 is 5.97 Å². The molecule has 1 aliphatic carbocycles. The molecule has 1 amide bonds. The number of benzene rings is 1. The first-order chi connectivity index (χ1) is 9.64. The van der Waals surface area contributed by atoms with E-state index in [0.29, 0.717) is 17.8 Å². The summed E-state index contributed by atoms with van der Waals surface area (Å²) in [5, 5.41) is 6.30. The minimum Gasteiger partial charge on any atom is -0.465 e. The number of hydrogen-bond donors (Lipinski definition) is 2. The van der Waals surface area contributed by atoms with Gasteiger partial charge in [-0.05, 0) is 31.0 Å². The van der Waals surface area contributed by atoms with Crippen molar-refractivity contribution >= 4 is 23.3 Å². The molecule has 1 spiro atoms.